The summed E-state index contributed by atoms with van der Waals surface area (Å²) in [6, 6.07) is 6.92. The van der Waals surface area contributed by atoms with Gasteiger partial charge in [0.05, 0.1) is 26.4 Å². The van der Waals surface area contributed by atoms with Gasteiger partial charge in [-0.2, -0.15) is 5.10 Å². The van der Waals surface area contributed by atoms with E-state index in [2.05, 4.69) is 10.5 Å². The number of carbonyl (C=O) groups excluding carboxylic acids is 1. The Morgan fingerprint density at radius 3 is 2.50 bits per heavy atom. The van der Waals surface area contributed by atoms with E-state index in [0.29, 0.717) is 5.75 Å². The molecule has 0 aliphatic rings. The van der Waals surface area contributed by atoms with Gasteiger partial charge in [-0.3, -0.25) is 4.79 Å². The van der Waals surface area contributed by atoms with Gasteiger partial charge in [0.2, 0.25) is 5.91 Å². The molecule has 5 N–H and O–H groups in total. The van der Waals surface area contributed by atoms with Crippen LogP contribution in [-0.4, -0.2) is 64.6 Å². The summed E-state index contributed by atoms with van der Waals surface area (Å²) in [6.45, 7) is -0.699. The van der Waals surface area contributed by atoms with Crippen molar-refractivity contribution in [3.63, 3.8) is 0 Å². The van der Waals surface area contributed by atoms with E-state index in [-0.39, 0.29) is 6.42 Å². The summed E-state index contributed by atoms with van der Waals surface area (Å²) in [5.74, 6) is 0.271. The van der Waals surface area contributed by atoms with Gasteiger partial charge in [-0.1, -0.05) is 12.1 Å². The maximum atomic E-state index is 11.6. The fourth-order valence-electron chi connectivity index (χ4n) is 1.58. The Labute approximate surface area is 127 Å². The van der Waals surface area contributed by atoms with Gasteiger partial charge in [0.1, 0.15) is 24.1 Å². The number of hydrogen-bond acceptors (Lipinski definition) is 7. The number of carbonyl (C=O) groups is 1. The quantitative estimate of drug-likeness (QED) is 0.291. The zero-order valence-corrected chi connectivity index (χ0v) is 12.1. The molecule has 0 aromatic heterocycles. The molecule has 8 nitrogen and oxygen atoms in total. The molecular weight excluding hydrogens is 292 g/mol. The highest BCUT2D eigenvalue weighted by molar-refractivity contribution is 5.79. The zero-order chi connectivity index (χ0) is 16.5. The highest BCUT2D eigenvalue weighted by atomic mass is 16.5. The maximum Gasteiger partial charge on any atom is 0.244 e. The van der Waals surface area contributed by atoms with Crippen molar-refractivity contribution < 1.29 is 30.0 Å². The van der Waals surface area contributed by atoms with Crippen molar-refractivity contribution in [1.29, 1.82) is 0 Å². The minimum atomic E-state index is -1.59. The van der Waals surface area contributed by atoms with Crippen LogP contribution in [0.1, 0.15) is 5.56 Å². The van der Waals surface area contributed by atoms with Crippen molar-refractivity contribution in [3.05, 3.63) is 29.8 Å². The Kier molecular flexibility index (Phi) is 7.47. The lowest BCUT2D eigenvalue weighted by Crippen LogP contribution is -2.40. The predicted molar refractivity (Wildman–Crippen MR) is 78.4 cm³/mol. The lowest BCUT2D eigenvalue weighted by atomic mass is 10.1. The number of aliphatic hydroxyl groups excluding tert-OH is 4. The van der Waals surface area contributed by atoms with E-state index >= 15 is 0 Å². The molecule has 8 heteroatoms. The molecule has 0 spiro atoms. The number of methoxy groups -OCH3 is 1. The lowest BCUT2D eigenvalue weighted by molar-refractivity contribution is -0.120. The van der Waals surface area contributed by atoms with Crippen molar-refractivity contribution in [2.45, 2.75) is 24.7 Å². The Hall–Kier alpha value is -2.00. The summed E-state index contributed by atoms with van der Waals surface area (Å²) in [5, 5.41) is 40.0. The van der Waals surface area contributed by atoms with Crippen LogP contribution in [0.4, 0.5) is 0 Å². The van der Waals surface area contributed by atoms with E-state index < -0.39 is 30.8 Å². The monoisotopic (exact) mass is 312 g/mol. The second kappa shape index (κ2) is 9.11. The molecule has 122 valence electrons. The standard InChI is InChI=1S/C14H20N2O6/c1-22-10-4-2-9(3-5-10)6-13(20)16-15-7-11(18)14(21)12(19)8-17/h2-5,7,11-12,14,17-19,21H,6,8H2,1H3,(H,16,20)/b15-7+. The fraction of sp³-hybridized carbons (Fsp3) is 0.429. The fourth-order valence-corrected chi connectivity index (χ4v) is 1.58. The van der Waals surface area contributed by atoms with E-state index in [9.17, 15) is 15.0 Å². The predicted octanol–water partition coefficient (Wildman–Crippen LogP) is -1.59. The average molecular weight is 312 g/mol. The van der Waals surface area contributed by atoms with Crippen LogP contribution in [-0.2, 0) is 11.2 Å². The van der Waals surface area contributed by atoms with Crippen molar-refractivity contribution in [3.8, 4) is 5.75 Å². The SMILES string of the molecule is COc1ccc(CC(=O)N/N=C/C(O)C(O)C(O)CO)cc1. The molecule has 3 unspecified atom stereocenters. The first-order chi connectivity index (χ1) is 10.5. The largest absolute Gasteiger partial charge is 0.497 e. The molecule has 1 aromatic rings. The first kappa shape index (κ1) is 18.1. The first-order valence-electron chi connectivity index (χ1n) is 6.58. The summed E-state index contributed by atoms with van der Waals surface area (Å²) >= 11 is 0. The summed E-state index contributed by atoms with van der Waals surface area (Å²) < 4.78 is 5.00. The van der Waals surface area contributed by atoms with Crippen LogP contribution < -0.4 is 10.2 Å². The van der Waals surface area contributed by atoms with Crippen molar-refractivity contribution in [2.24, 2.45) is 5.10 Å². The normalized spacial score (nSPS) is 15.3. The Bertz CT molecular complexity index is 491. The number of amides is 1. The van der Waals surface area contributed by atoms with Gasteiger partial charge < -0.3 is 25.2 Å². The summed E-state index contributed by atoms with van der Waals surface area (Å²) in [4.78, 5) is 11.6. The maximum absolute atomic E-state index is 11.6. The van der Waals surface area contributed by atoms with E-state index in [1.807, 2.05) is 0 Å². The minimum Gasteiger partial charge on any atom is -0.497 e. The molecule has 1 rings (SSSR count). The van der Waals surface area contributed by atoms with E-state index in [1.54, 1.807) is 31.4 Å². The van der Waals surface area contributed by atoms with Crippen LogP contribution in [0, 0.1) is 0 Å². The number of rotatable bonds is 8. The number of hydrogen-bond donors (Lipinski definition) is 5. The number of ether oxygens (including phenoxy) is 1. The van der Waals surface area contributed by atoms with Crippen LogP contribution in [0.5, 0.6) is 5.75 Å². The Balaban J connectivity index is 2.43. The zero-order valence-electron chi connectivity index (χ0n) is 12.1. The molecule has 0 saturated heterocycles. The molecule has 0 saturated carbocycles. The first-order valence-corrected chi connectivity index (χ1v) is 6.58. The molecular formula is C14H20N2O6. The van der Waals surface area contributed by atoms with Crippen molar-refractivity contribution in [2.75, 3.05) is 13.7 Å². The topological polar surface area (TPSA) is 132 Å². The Morgan fingerprint density at radius 1 is 1.32 bits per heavy atom. The summed E-state index contributed by atoms with van der Waals surface area (Å²) in [5.41, 5.74) is 2.94. The van der Waals surface area contributed by atoms with Crippen LogP contribution in [0.25, 0.3) is 0 Å². The lowest BCUT2D eigenvalue weighted by Gasteiger charge is -2.17. The van der Waals surface area contributed by atoms with Gasteiger partial charge in [0.25, 0.3) is 0 Å². The van der Waals surface area contributed by atoms with Crippen LogP contribution in [0.3, 0.4) is 0 Å². The third-order valence-electron chi connectivity index (χ3n) is 2.87. The average Bonchev–Trinajstić information content (AvgIpc) is 2.53. The Morgan fingerprint density at radius 2 is 1.95 bits per heavy atom. The van der Waals surface area contributed by atoms with Gasteiger partial charge in [-0.15, -0.1) is 0 Å². The van der Waals surface area contributed by atoms with Gasteiger partial charge in [-0.25, -0.2) is 5.43 Å². The minimum absolute atomic E-state index is 0.0826. The molecule has 22 heavy (non-hydrogen) atoms. The molecule has 0 aliphatic heterocycles. The van der Waals surface area contributed by atoms with Crippen LogP contribution in [0.2, 0.25) is 0 Å². The third kappa shape index (κ3) is 5.78. The number of nitrogens with one attached hydrogen (secondary N) is 1. The molecule has 0 fully saturated rings. The van der Waals surface area contributed by atoms with Crippen molar-refractivity contribution >= 4 is 12.1 Å². The third-order valence-corrected chi connectivity index (χ3v) is 2.87. The molecule has 0 heterocycles. The molecule has 3 atom stereocenters. The van der Waals surface area contributed by atoms with Crippen molar-refractivity contribution in [1.82, 2.24) is 5.43 Å². The molecule has 1 aromatic carbocycles. The number of nitrogens with zero attached hydrogens (tertiary/aromatic N) is 1. The molecule has 0 radical (unpaired) electrons. The number of benzene rings is 1. The van der Waals surface area contributed by atoms with Crippen LogP contribution >= 0.6 is 0 Å². The summed E-state index contributed by atoms with van der Waals surface area (Å²) in [7, 11) is 1.55. The summed E-state index contributed by atoms with van der Waals surface area (Å²) in [6.07, 6.45) is -3.64. The van der Waals surface area contributed by atoms with Gasteiger partial charge in [-0.05, 0) is 17.7 Å². The smallest absolute Gasteiger partial charge is 0.244 e. The van der Waals surface area contributed by atoms with E-state index in [1.165, 1.54) is 0 Å². The van der Waals surface area contributed by atoms with E-state index in [0.717, 1.165) is 11.8 Å². The van der Waals surface area contributed by atoms with E-state index in [4.69, 9.17) is 14.9 Å². The second-order valence-corrected chi connectivity index (χ2v) is 4.57. The van der Waals surface area contributed by atoms with Gasteiger partial charge in [0.15, 0.2) is 0 Å². The second-order valence-electron chi connectivity index (χ2n) is 4.57. The molecule has 1 amide bonds. The highest BCUT2D eigenvalue weighted by Gasteiger charge is 2.22. The molecule has 0 aliphatic carbocycles. The number of aliphatic hydroxyl groups is 4. The highest BCUT2D eigenvalue weighted by Crippen LogP contribution is 2.11. The molecule has 0 bridgehead atoms. The number of hydrazone groups is 1. The van der Waals surface area contributed by atoms with Gasteiger partial charge >= 0.3 is 0 Å². The van der Waals surface area contributed by atoms with Gasteiger partial charge in [0, 0.05) is 0 Å². The van der Waals surface area contributed by atoms with Crippen LogP contribution in [0.15, 0.2) is 29.4 Å².